The first-order valence-corrected chi connectivity index (χ1v) is 6.34. The Bertz CT molecular complexity index is 620. The molecule has 0 atom stereocenters. The number of carbonyl (C=O) groups is 1. The van der Waals surface area contributed by atoms with Gasteiger partial charge in [-0.1, -0.05) is 11.8 Å². The number of nitrogen functional groups attached to an aromatic ring is 1. The average molecular weight is 278 g/mol. The predicted molar refractivity (Wildman–Crippen MR) is 70.9 cm³/mol. The molecule has 0 fully saturated rings. The molecule has 2 rings (SSSR count). The first kappa shape index (κ1) is 13.3. The molecule has 1 aromatic heterocycles. The Labute approximate surface area is 113 Å². The molecule has 0 aliphatic rings. The number of thioether (sulfide) groups is 1. The van der Waals surface area contributed by atoms with Crippen molar-refractivity contribution in [3.63, 3.8) is 0 Å². The van der Waals surface area contributed by atoms with Crippen LogP contribution in [0.5, 0.6) is 0 Å². The van der Waals surface area contributed by atoms with Crippen LogP contribution in [0.25, 0.3) is 0 Å². The minimum absolute atomic E-state index is 0.268. The number of anilines is 1. The Balaban J connectivity index is 2.17. The quantitative estimate of drug-likeness (QED) is 0.828. The molecule has 2 aromatic rings. The van der Waals surface area contributed by atoms with Gasteiger partial charge in [-0.15, -0.1) is 0 Å². The lowest BCUT2D eigenvalue weighted by molar-refractivity contribution is 0.1000. The summed E-state index contributed by atoms with van der Waals surface area (Å²) in [4.78, 5) is 19.0. The van der Waals surface area contributed by atoms with Crippen molar-refractivity contribution in [2.45, 2.75) is 10.8 Å². The van der Waals surface area contributed by atoms with Gasteiger partial charge in [0.2, 0.25) is 5.91 Å². The molecule has 1 aromatic carbocycles. The zero-order valence-electron chi connectivity index (χ0n) is 9.84. The van der Waals surface area contributed by atoms with Gasteiger partial charge < -0.3 is 11.5 Å². The van der Waals surface area contributed by atoms with Gasteiger partial charge in [-0.3, -0.25) is 4.79 Å². The fraction of sp³-hybridized carbons (Fsp3) is 0.0833. The summed E-state index contributed by atoms with van der Waals surface area (Å²) in [5.41, 5.74) is 11.4. The highest BCUT2D eigenvalue weighted by Gasteiger charge is 2.09. The molecular weight excluding hydrogens is 267 g/mol. The zero-order chi connectivity index (χ0) is 13.8. The topological polar surface area (TPSA) is 94.9 Å². The minimum Gasteiger partial charge on any atom is -0.381 e. The van der Waals surface area contributed by atoms with Crippen LogP contribution in [0.2, 0.25) is 0 Å². The summed E-state index contributed by atoms with van der Waals surface area (Å²) in [5, 5.41) is 0.520. The second-order valence-corrected chi connectivity index (χ2v) is 4.67. The summed E-state index contributed by atoms with van der Waals surface area (Å²) in [6.07, 6.45) is 2.99. The van der Waals surface area contributed by atoms with Gasteiger partial charge in [-0.05, 0) is 23.8 Å². The largest absolute Gasteiger partial charge is 0.381 e. The van der Waals surface area contributed by atoms with E-state index in [0.29, 0.717) is 16.4 Å². The number of halogens is 1. The molecule has 5 nitrogen and oxygen atoms in total. The van der Waals surface area contributed by atoms with Gasteiger partial charge >= 0.3 is 0 Å². The number of hydrogen-bond acceptors (Lipinski definition) is 5. The maximum Gasteiger partial charge on any atom is 0.248 e. The summed E-state index contributed by atoms with van der Waals surface area (Å²) < 4.78 is 13.6. The summed E-state index contributed by atoms with van der Waals surface area (Å²) in [6, 6.07) is 4.00. The first-order chi connectivity index (χ1) is 9.08. The molecule has 0 unspecified atom stereocenters. The van der Waals surface area contributed by atoms with E-state index in [9.17, 15) is 9.18 Å². The van der Waals surface area contributed by atoms with Crippen LogP contribution in [-0.2, 0) is 5.75 Å². The Kier molecular flexibility index (Phi) is 3.96. The lowest BCUT2D eigenvalue weighted by Crippen LogP contribution is -2.11. The van der Waals surface area contributed by atoms with Gasteiger partial charge in [-0.2, -0.15) is 0 Å². The second-order valence-electron chi connectivity index (χ2n) is 3.71. The number of primary amides is 1. The Morgan fingerprint density at radius 3 is 2.74 bits per heavy atom. The van der Waals surface area contributed by atoms with E-state index in [4.69, 9.17) is 11.5 Å². The van der Waals surface area contributed by atoms with Crippen molar-refractivity contribution in [1.82, 2.24) is 9.97 Å². The summed E-state index contributed by atoms with van der Waals surface area (Å²) in [7, 11) is 0. The van der Waals surface area contributed by atoms with Crippen LogP contribution < -0.4 is 11.5 Å². The average Bonchev–Trinajstić information content (AvgIpc) is 2.39. The molecule has 19 heavy (non-hydrogen) atoms. The van der Waals surface area contributed by atoms with E-state index in [1.165, 1.54) is 42.4 Å². The third-order valence-electron chi connectivity index (χ3n) is 2.39. The van der Waals surface area contributed by atoms with E-state index in [1.807, 2.05) is 0 Å². The molecule has 7 heteroatoms. The molecule has 0 saturated carbocycles. The Morgan fingerprint density at radius 2 is 2.05 bits per heavy atom. The van der Waals surface area contributed by atoms with Crippen molar-refractivity contribution in [3.05, 3.63) is 47.5 Å². The molecule has 0 aliphatic heterocycles. The third kappa shape index (κ3) is 3.19. The van der Waals surface area contributed by atoms with Gasteiger partial charge in [0.1, 0.15) is 10.8 Å². The van der Waals surface area contributed by atoms with Crippen LogP contribution in [0.3, 0.4) is 0 Å². The lowest BCUT2D eigenvalue weighted by Gasteiger charge is -2.05. The van der Waals surface area contributed by atoms with E-state index in [-0.39, 0.29) is 11.3 Å². The van der Waals surface area contributed by atoms with E-state index in [0.717, 1.165) is 0 Å². The van der Waals surface area contributed by atoms with Gasteiger partial charge in [0, 0.05) is 23.7 Å². The van der Waals surface area contributed by atoms with Crippen molar-refractivity contribution in [2.24, 2.45) is 5.73 Å². The first-order valence-electron chi connectivity index (χ1n) is 5.35. The molecule has 0 aliphatic carbocycles. The van der Waals surface area contributed by atoms with Gasteiger partial charge in [0.15, 0.2) is 5.82 Å². The van der Waals surface area contributed by atoms with Crippen LogP contribution in [0.4, 0.5) is 10.2 Å². The van der Waals surface area contributed by atoms with Crippen LogP contribution in [0.15, 0.2) is 35.6 Å². The molecule has 0 bridgehead atoms. The Hall–Kier alpha value is -2.15. The SMILES string of the molecule is NC(=O)c1ccc(F)c(CSc2nccnc2N)c1. The minimum atomic E-state index is -0.592. The standard InChI is InChI=1S/C12H11FN4OS/c13-9-2-1-7(11(15)18)5-8(9)6-19-12-10(14)16-3-4-17-12/h1-5H,6H2,(H2,14,16)(H2,15,18). The molecule has 0 spiro atoms. The highest BCUT2D eigenvalue weighted by molar-refractivity contribution is 7.98. The molecular formula is C12H11FN4OS. The van der Waals surface area contributed by atoms with Crippen molar-refractivity contribution < 1.29 is 9.18 Å². The smallest absolute Gasteiger partial charge is 0.248 e. The molecule has 0 radical (unpaired) electrons. The zero-order valence-corrected chi connectivity index (χ0v) is 10.7. The van der Waals surface area contributed by atoms with E-state index in [2.05, 4.69) is 9.97 Å². The number of rotatable bonds is 4. The number of aromatic nitrogens is 2. The molecule has 0 saturated heterocycles. The van der Waals surface area contributed by atoms with Crippen molar-refractivity contribution in [1.29, 1.82) is 0 Å². The van der Waals surface area contributed by atoms with Gasteiger partial charge in [0.05, 0.1) is 0 Å². The van der Waals surface area contributed by atoms with Crippen LogP contribution in [-0.4, -0.2) is 15.9 Å². The van der Waals surface area contributed by atoms with E-state index in [1.54, 1.807) is 0 Å². The van der Waals surface area contributed by atoms with Crippen molar-refractivity contribution in [2.75, 3.05) is 5.73 Å². The van der Waals surface area contributed by atoms with Gasteiger partial charge in [-0.25, -0.2) is 14.4 Å². The van der Waals surface area contributed by atoms with Crippen molar-refractivity contribution >= 4 is 23.5 Å². The third-order valence-corrected chi connectivity index (χ3v) is 3.43. The number of carbonyl (C=O) groups excluding carboxylic acids is 1. The monoisotopic (exact) mass is 278 g/mol. The number of nitrogens with two attached hydrogens (primary N) is 2. The predicted octanol–water partition coefficient (Wildman–Crippen LogP) is 1.59. The Morgan fingerprint density at radius 1 is 1.32 bits per heavy atom. The highest BCUT2D eigenvalue weighted by Crippen LogP contribution is 2.25. The highest BCUT2D eigenvalue weighted by atomic mass is 32.2. The second kappa shape index (κ2) is 5.66. The van der Waals surface area contributed by atoms with E-state index >= 15 is 0 Å². The maximum absolute atomic E-state index is 13.6. The molecule has 1 heterocycles. The van der Waals surface area contributed by atoms with Crippen LogP contribution in [0.1, 0.15) is 15.9 Å². The fourth-order valence-corrected chi connectivity index (χ4v) is 2.28. The van der Waals surface area contributed by atoms with Gasteiger partial charge in [0.25, 0.3) is 0 Å². The number of hydrogen-bond donors (Lipinski definition) is 2. The fourth-order valence-electron chi connectivity index (χ4n) is 1.43. The van der Waals surface area contributed by atoms with Crippen LogP contribution in [0, 0.1) is 5.82 Å². The number of benzene rings is 1. The van der Waals surface area contributed by atoms with Crippen molar-refractivity contribution in [3.8, 4) is 0 Å². The summed E-state index contributed by atoms with van der Waals surface area (Å²) in [5.74, 6) is -0.417. The normalized spacial score (nSPS) is 10.4. The molecule has 4 N–H and O–H groups in total. The summed E-state index contributed by atoms with van der Waals surface area (Å²) >= 11 is 1.24. The maximum atomic E-state index is 13.6. The van der Waals surface area contributed by atoms with E-state index < -0.39 is 11.7 Å². The lowest BCUT2D eigenvalue weighted by atomic mass is 10.1. The molecule has 98 valence electrons. The number of nitrogens with zero attached hydrogens (tertiary/aromatic N) is 2. The number of amides is 1. The molecule has 1 amide bonds. The summed E-state index contributed by atoms with van der Waals surface area (Å²) in [6.45, 7) is 0. The van der Waals surface area contributed by atoms with Crippen LogP contribution >= 0.6 is 11.8 Å².